The van der Waals surface area contributed by atoms with Gasteiger partial charge in [-0.15, -0.1) is 11.8 Å². The largest absolute Gasteiger partial charge is 0.353 e. The third-order valence-electron chi connectivity index (χ3n) is 3.97. The summed E-state index contributed by atoms with van der Waals surface area (Å²) in [7, 11) is 0. The lowest BCUT2D eigenvalue weighted by Crippen LogP contribution is -2.33. The van der Waals surface area contributed by atoms with Gasteiger partial charge < -0.3 is 11.1 Å². The molecule has 1 unspecified atom stereocenters. The highest BCUT2D eigenvalue weighted by molar-refractivity contribution is 8.00. The highest BCUT2D eigenvalue weighted by atomic mass is 32.2. The molecule has 7 heteroatoms. The number of amides is 1. The standard InChI is InChI=1S/C19H23N3O3S/c1-13(2)14-3-5-15(6-4-14)18(20)11-21-19(23)12-26-17-9-7-16(8-10-17)22(24)25/h3-10,13,18H,11-12,20H2,1-2H3,(H,21,23). The predicted molar refractivity (Wildman–Crippen MR) is 104 cm³/mol. The molecule has 0 saturated heterocycles. The fraction of sp³-hybridized carbons (Fsp3) is 0.316. The van der Waals surface area contributed by atoms with Crippen LogP contribution in [0.5, 0.6) is 0 Å². The molecule has 0 radical (unpaired) electrons. The summed E-state index contributed by atoms with van der Waals surface area (Å²) in [4.78, 5) is 23.0. The van der Waals surface area contributed by atoms with Crippen LogP contribution in [0.1, 0.15) is 36.9 Å². The Kier molecular flexibility index (Phi) is 7.17. The Balaban J connectivity index is 1.77. The van der Waals surface area contributed by atoms with Gasteiger partial charge in [-0.3, -0.25) is 14.9 Å². The maximum Gasteiger partial charge on any atom is 0.269 e. The normalized spacial score (nSPS) is 12.0. The molecule has 26 heavy (non-hydrogen) atoms. The zero-order valence-electron chi connectivity index (χ0n) is 14.8. The summed E-state index contributed by atoms with van der Waals surface area (Å²) >= 11 is 1.33. The van der Waals surface area contributed by atoms with E-state index in [0.29, 0.717) is 12.5 Å². The van der Waals surface area contributed by atoms with Crippen LogP contribution < -0.4 is 11.1 Å². The monoisotopic (exact) mass is 373 g/mol. The Morgan fingerprint density at radius 3 is 2.23 bits per heavy atom. The topological polar surface area (TPSA) is 98.3 Å². The quantitative estimate of drug-likeness (QED) is 0.418. The minimum atomic E-state index is -0.448. The number of nitro groups is 1. The Bertz CT molecular complexity index is 746. The maximum absolute atomic E-state index is 12.0. The van der Waals surface area contributed by atoms with Gasteiger partial charge in [-0.05, 0) is 29.2 Å². The lowest BCUT2D eigenvalue weighted by molar-refractivity contribution is -0.384. The summed E-state index contributed by atoms with van der Waals surface area (Å²) in [6, 6.07) is 14.0. The molecule has 0 heterocycles. The first-order valence-electron chi connectivity index (χ1n) is 8.36. The Morgan fingerprint density at radius 2 is 1.69 bits per heavy atom. The summed E-state index contributed by atoms with van der Waals surface area (Å²) in [5.41, 5.74) is 8.41. The molecule has 138 valence electrons. The predicted octanol–water partition coefficient (Wildman–Crippen LogP) is 3.63. The maximum atomic E-state index is 12.0. The second-order valence-corrected chi connectivity index (χ2v) is 7.32. The van der Waals surface area contributed by atoms with E-state index in [4.69, 9.17) is 5.73 Å². The van der Waals surface area contributed by atoms with Crippen LogP contribution in [-0.4, -0.2) is 23.1 Å². The lowest BCUT2D eigenvalue weighted by atomic mass is 9.99. The number of hydrogen-bond donors (Lipinski definition) is 2. The van der Waals surface area contributed by atoms with Crippen molar-refractivity contribution in [2.45, 2.75) is 30.7 Å². The number of rotatable bonds is 8. The molecule has 0 saturated carbocycles. The van der Waals surface area contributed by atoms with Gasteiger partial charge in [0.25, 0.3) is 5.69 Å². The number of benzene rings is 2. The van der Waals surface area contributed by atoms with Crippen molar-refractivity contribution in [3.8, 4) is 0 Å². The molecule has 2 aromatic carbocycles. The van der Waals surface area contributed by atoms with Gasteiger partial charge in [-0.25, -0.2) is 0 Å². The SMILES string of the molecule is CC(C)c1ccc(C(N)CNC(=O)CSc2ccc([N+](=O)[O-])cc2)cc1. The second kappa shape index (κ2) is 9.35. The number of nitrogens with one attached hydrogen (secondary N) is 1. The van der Waals surface area contributed by atoms with E-state index in [0.717, 1.165) is 10.5 Å². The first-order valence-corrected chi connectivity index (χ1v) is 9.34. The molecule has 0 fully saturated rings. The highest BCUT2D eigenvalue weighted by Gasteiger charge is 2.10. The van der Waals surface area contributed by atoms with Crippen LogP contribution in [0.25, 0.3) is 0 Å². The van der Waals surface area contributed by atoms with Crippen LogP contribution in [0, 0.1) is 10.1 Å². The molecule has 0 spiro atoms. The van der Waals surface area contributed by atoms with Gasteiger partial charge in [-0.2, -0.15) is 0 Å². The summed E-state index contributed by atoms with van der Waals surface area (Å²) in [5.74, 6) is 0.579. The number of non-ortho nitro benzene ring substituents is 1. The average molecular weight is 373 g/mol. The van der Waals surface area contributed by atoms with Gasteiger partial charge in [0.1, 0.15) is 0 Å². The smallest absolute Gasteiger partial charge is 0.269 e. The number of carbonyl (C=O) groups is 1. The van der Waals surface area contributed by atoms with Gasteiger partial charge in [0.2, 0.25) is 5.91 Å². The Morgan fingerprint density at radius 1 is 1.12 bits per heavy atom. The first kappa shape index (κ1) is 19.9. The van der Waals surface area contributed by atoms with Crippen molar-refractivity contribution in [2.75, 3.05) is 12.3 Å². The van der Waals surface area contributed by atoms with E-state index in [1.165, 1.54) is 29.5 Å². The van der Waals surface area contributed by atoms with E-state index in [9.17, 15) is 14.9 Å². The molecule has 1 atom stereocenters. The molecule has 2 rings (SSSR count). The van der Waals surface area contributed by atoms with Crippen LogP contribution in [-0.2, 0) is 4.79 Å². The number of nitro benzene ring substituents is 1. The molecular weight excluding hydrogens is 350 g/mol. The molecule has 0 aromatic heterocycles. The van der Waals surface area contributed by atoms with E-state index < -0.39 is 4.92 Å². The van der Waals surface area contributed by atoms with Gasteiger partial charge >= 0.3 is 0 Å². The summed E-state index contributed by atoms with van der Waals surface area (Å²) in [6.07, 6.45) is 0. The van der Waals surface area contributed by atoms with E-state index in [1.807, 2.05) is 12.1 Å². The van der Waals surface area contributed by atoms with Crippen LogP contribution >= 0.6 is 11.8 Å². The van der Waals surface area contributed by atoms with Crippen molar-refractivity contribution in [1.29, 1.82) is 0 Å². The van der Waals surface area contributed by atoms with Crippen molar-refractivity contribution in [2.24, 2.45) is 5.73 Å². The molecule has 3 N–H and O–H groups in total. The van der Waals surface area contributed by atoms with Gasteiger partial charge in [-0.1, -0.05) is 38.1 Å². The van der Waals surface area contributed by atoms with Gasteiger partial charge in [0.05, 0.1) is 10.7 Å². The Labute approximate surface area is 157 Å². The van der Waals surface area contributed by atoms with E-state index in [-0.39, 0.29) is 23.4 Å². The molecule has 2 aromatic rings. The summed E-state index contributed by atoms with van der Waals surface area (Å²) < 4.78 is 0. The Hall–Kier alpha value is -2.38. The molecule has 0 aliphatic carbocycles. The molecular formula is C19H23N3O3S. The minimum absolute atomic E-state index is 0.0354. The van der Waals surface area contributed by atoms with Gasteiger partial charge in [0.15, 0.2) is 0 Å². The highest BCUT2D eigenvalue weighted by Crippen LogP contribution is 2.21. The summed E-state index contributed by atoms with van der Waals surface area (Å²) in [5, 5.41) is 13.4. The molecule has 0 bridgehead atoms. The fourth-order valence-electron chi connectivity index (χ4n) is 2.33. The summed E-state index contributed by atoms with van der Waals surface area (Å²) in [6.45, 7) is 4.64. The molecule has 6 nitrogen and oxygen atoms in total. The second-order valence-electron chi connectivity index (χ2n) is 6.27. The van der Waals surface area contributed by atoms with Crippen LogP contribution in [0.4, 0.5) is 5.69 Å². The first-order chi connectivity index (χ1) is 12.4. The van der Waals surface area contributed by atoms with Crippen molar-refractivity contribution in [1.82, 2.24) is 5.32 Å². The van der Waals surface area contributed by atoms with Crippen molar-refractivity contribution in [3.05, 3.63) is 69.8 Å². The lowest BCUT2D eigenvalue weighted by Gasteiger charge is -2.14. The van der Waals surface area contributed by atoms with Crippen molar-refractivity contribution < 1.29 is 9.72 Å². The molecule has 1 amide bonds. The third-order valence-corrected chi connectivity index (χ3v) is 4.98. The van der Waals surface area contributed by atoms with Crippen molar-refractivity contribution in [3.63, 3.8) is 0 Å². The molecule has 0 aliphatic rings. The fourth-order valence-corrected chi connectivity index (χ4v) is 3.06. The number of hydrogen-bond acceptors (Lipinski definition) is 5. The molecule has 0 aliphatic heterocycles. The number of nitrogens with zero attached hydrogens (tertiary/aromatic N) is 1. The van der Waals surface area contributed by atoms with E-state index in [1.54, 1.807) is 12.1 Å². The van der Waals surface area contributed by atoms with Crippen LogP contribution in [0.15, 0.2) is 53.4 Å². The minimum Gasteiger partial charge on any atom is -0.353 e. The number of nitrogens with two attached hydrogens (primary N) is 1. The zero-order valence-corrected chi connectivity index (χ0v) is 15.7. The van der Waals surface area contributed by atoms with E-state index in [2.05, 4.69) is 31.3 Å². The number of thioether (sulfide) groups is 1. The zero-order chi connectivity index (χ0) is 19.1. The number of carbonyl (C=O) groups excluding carboxylic acids is 1. The van der Waals surface area contributed by atoms with Crippen molar-refractivity contribution >= 4 is 23.4 Å². The average Bonchev–Trinajstić information content (AvgIpc) is 2.64. The van der Waals surface area contributed by atoms with Gasteiger partial charge in [0, 0.05) is 29.6 Å². The third kappa shape index (κ3) is 5.86. The van der Waals surface area contributed by atoms with Crippen LogP contribution in [0.2, 0.25) is 0 Å². The van der Waals surface area contributed by atoms with E-state index >= 15 is 0 Å². The van der Waals surface area contributed by atoms with Crippen LogP contribution in [0.3, 0.4) is 0 Å².